The van der Waals surface area contributed by atoms with Gasteiger partial charge in [0.15, 0.2) is 0 Å². The van der Waals surface area contributed by atoms with Crippen molar-refractivity contribution in [2.75, 3.05) is 0 Å². The first-order valence-corrected chi connectivity index (χ1v) is 4.92. The molecule has 0 amide bonds. The molecule has 0 saturated heterocycles. The SMILES string of the molecule is CC(CC(=O)O)c1cnn(C2CC2)c1. The fourth-order valence-corrected chi connectivity index (χ4v) is 1.53. The zero-order valence-corrected chi connectivity index (χ0v) is 8.18. The first kappa shape index (κ1) is 9.24. The number of carboxylic acid groups (broad SMARTS) is 1. The lowest BCUT2D eigenvalue weighted by Gasteiger charge is -2.04. The quantitative estimate of drug-likeness (QED) is 0.795. The Bertz CT molecular complexity index is 342. The minimum Gasteiger partial charge on any atom is -0.481 e. The van der Waals surface area contributed by atoms with Crippen molar-refractivity contribution in [1.82, 2.24) is 9.78 Å². The van der Waals surface area contributed by atoms with Crippen LogP contribution in [0.15, 0.2) is 12.4 Å². The predicted molar refractivity (Wildman–Crippen MR) is 51.2 cm³/mol. The first-order valence-electron chi connectivity index (χ1n) is 4.92. The van der Waals surface area contributed by atoms with E-state index in [2.05, 4.69) is 5.10 Å². The van der Waals surface area contributed by atoms with Crippen LogP contribution in [0.4, 0.5) is 0 Å². The van der Waals surface area contributed by atoms with E-state index in [9.17, 15) is 4.79 Å². The molecule has 0 spiro atoms. The Morgan fingerprint density at radius 2 is 2.50 bits per heavy atom. The maximum absolute atomic E-state index is 10.5. The van der Waals surface area contributed by atoms with Crippen molar-refractivity contribution in [2.24, 2.45) is 0 Å². The van der Waals surface area contributed by atoms with Crippen molar-refractivity contribution in [3.05, 3.63) is 18.0 Å². The number of aromatic nitrogens is 2. The smallest absolute Gasteiger partial charge is 0.303 e. The Labute approximate surface area is 82.5 Å². The van der Waals surface area contributed by atoms with Gasteiger partial charge in [0.2, 0.25) is 0 Å². The average molecular weight is 194 g/mol. The third-order valence-electron chi connectivity index (χ3n) is 2.59. The van der Waals surface area contributed by atoms with E-state index in [1.165, 1.54) is 12.8 Å². The van der Waals surface area contributed by atoms with E-state index in [-0.39, 0.29) is 12.3 Å². The minimum atomic E-state index is -0.753. The number of carbonyl (C=O) groups is 1. The van der Waals surface area contributed by atoms with Crippen LogP contribution in [0.3, 0.4) is 0 Å². The molecule has 14 heavy (non-hydrogen) atoms. The molecule has 1 fully saturated rings. The van der Waals surface area contributed by atoms with Crippen LogP contribution in [0.5, 0.6) is 0 Å². The van der Waals surface area contributed by atoms with Crippen LogP contribution in [0.25, 0.3) is 0 Å². The van der Waals surface area contributed by atoms with Crippen molar-refractivity contribution in [3.8, 4) is 0 Å². The second-order valence-electron chi connectivity index (χ2n) is 3.98. The van der Waals surface area contributed by atoms with E-state index < -0.39 is 5.97 Å². The molecule has 1 aromatic rings. The molecule has 0 aromatic carbocycles. The predicted octanol–water partition coefficient (Wildman–Crippen LogP) is 1.80. The highest BCUT2D eigenvalue weighted by Crippen LogP contribution is 2.34. The van der Waals surface area contributed by atoms with Gasteiger partial charge in [0.05, 0.1) is 18.7 Å². The summed E-state index contributed by atoms with van der Waals surface area (Å²) in [6.45, 7) is 1.92. The Morgan fingerprint density at radius 3 is 3.07 bits per heavy atom. The third-order valence-corrected chi connectivity index (χ3v) is 2.59. The number of nitrogens with zero attached hydrogens (tertiary/aromatic N) is 2. The summed E-state index contributed by atoms with van der Waals surface area (Å²) in [6.07, 6.45) is 6.34. The molecular formula is C10H14N2O2. The third kappa shape index (κ3) is 1.95. The van der Waals surface area contributed by atoms with Crippen LogP contribution in [0.2, 0.25) is 0 Å². The molecule has 4 nitrogen and oxygen atoms in total. The van der Waals surface area contributed by atoms with Gasteiger partial charge in [-0.3, -0.25) is 9.48 Å². The van der Waals surface area contributed by atoms with Gasteiger partial charge in [0.25, 0.3) is 0 Å². The van der Waals surface area contributed by atoms with Gasteiger partial charge in [-0.05, 0) is 24.3 Å². The summed E-state index contributed by atoms with van der Waals surface area (Å²) >= 11 is 0. The number of hydrogen-bond acceptors (Lipinski definition) is 2. The van der Waals surface area contributed by atoms with Crippen molar-refractivity contribution in [1.29, 1.82) is 0 Å². The van der Waals surface area contributed by atoms with Crippen LogP contribution in [-0.4, -0.2) is 20.9 Å². The molecule has 1 heterocycles. The topological polar surface area (TPSA) is 55.1 Å². The largest absolute Gasteiger partial charge is 0.481 e. The molecule has 1 N–H and O–H groups in total. The van der Waals surface area contributed by atoms with E-state index in [1.54, 1.807) is 6.20 Å². The van der Waals surface area contributed by atoms with Crippen LogP contribution < -0.4 is 0 Å². The standard InChI is InChI=1S/C10H14N2O2/c1-7(4-10(13)14)8-5-11-12(6-8)9-2-3-9/h5-7,9H,2-4H2,1H3,(H,13,14). The fourth-order valence-electron chi connectivity index (χ4n) is 1.53. The summed E-state index contributed by atoms with van der Waals surface area (Å²) in [5.41, 5.74) is 1.03. The molecule has 1 saturated carbocycles. The molecule has 4 heteroatoms. The van der Waals surface area contributed by atoms with Crippen LogP contribution >= 0.6 is 0 Å². The molecule has 76 valence electrons. The van der Waals surface area contributed by atoms with E-state index >= 15 is 0 Å². The van der Waals surface area contributed by atoms with Gasteiger partial charge in [-0.15, -0.1) is 0 Å². The van der Waals surface area contributed by atoms with E-state index in [0.717, 1.165) is 5.56 Å². The van der Waals surface area contributed by atoms with Crippen molar-refractivity contribution in [2.45, 2.75) is 38.1 Å². The number of rotatable bonds is 4. The molecule has 0 radical (unpaired) electrons. The highest BCUT2D eigenvalue weighted by molar-refractivity contribution is 5.67. The summed E-state index contributed by atoms with van der Waals surface area (Å²) < 4.78 is 1.95. The fraction of sp³-hybridized carbons (Fsp3) is 0.600. The second kappa shape index (κ2) is 3.44. The molecule has 1 aromatic heterocycles. The van der Waals surface area contributed by atoms with Gasteiger partial charge >= 0.3 is 5.97 Å². The van der Waals surface area contributed by atoms with E-state index in [1.807, 2.05) is 17.8 Å². The lowest BCUT2D eigenvalue weighted by atomic mass is 10.0. The number of aliphatic carboxylic acids is 1. The maximum Gasteiger partial charge on any atom is 0.303 e. The van der Waals surface area contributed by atoms with Crippen molar-refractivity contribution in [3.63, 3.8) is 0 Å². The van der Waals surface area contributed by atoms with E-state index in [4.69, 9.17) is 5.11 Å². The summed E-state index contributed by atoms with van der Waals surface area (Å²) in [5.74, 6) is -0.698. The summed E-state index contributed by atoms with van der Waals surface area (Å²) in [5, 5.41) is 12.9. The number of hydrogen-bond donors (Lipinski definition) is 1. The lowest BCUT2D eigenvalue weighted by molar-refractivity contribution is -0.137. The first-order chi connectivity index (χ1) is 6.66. The van der Waals surface area contributed by atoms with Crippen molar-refractivity contribution >= 4 is 5.97 Å². The average Bonchev–Trinajstić information content (AvgIpc) is 2.82. The normalized spacial score (nSPS) is 18.1. The van der Waals surface area contributed by atoms with E-state index in [0.29, 0.717) is 6.04 Å². The number of carboxylic acids is 1. The lowest BCUT2D eigenvalue weighted by Crippen LogP contribution is -2.02. The highest BCUT2D eigenvalue weighted by atomic mass is 16.4. The second-order valence-corrected chi connectivity index (χ2v) is 3.98. The zero-order valence-electron chi connectivity index (χ0n) is 8.18. The summed E-state index contributed by atoms with van der Waals surface area (Å²) in [7, 11) is 0. The highest BCUT2D eigenvalue weighted by Gasteiger charge is 2.24. The van der Waals surface area contributed by atoms with Gasteiger partial charge in [-0.2, -0.15) is 5.10 Å². The molecule has 1 aliphatic rings. The minimum absolute atomic E-state index is 0.0556. The molecule has 1 unspecified atom stereocenters. The van der Waals surface area contributed by atoms with Crippen LogP contribution in [-0.2, 0) is 4.79 Å². The Hall–Kier alpha value is -1.32. The van der Waals surface area contributed by atoms with Crippen LogP contribution in [0.1, 0.15) is 43.7 Å². The Morgan fingerprint density at radius 1 is 1.79 bits per heavy atom. The van der Waals surface area contributed by atoms with Gasteiger partial charge < -0.3 is 5.11 Å². The van der Waals surface area contributed by atoms with Crippen molar-refractivity contribution < 1.29 is 9.90 Å². The zero-order chi connectivity index (χ0) is 10.1. The van der Waals surface area contributed by atoms with Gasteiger partial charge in [-0.25, -0.2) is 0 Å². The Balaban J connectivity index is 2.03. The molecule has 1 aliphatic carbocycles. The molecule has 0 bridgehead atoms. The van der Waals surface area contributed by atoms with Crippen LogP contribution in [0, 0.1) is 0 Å². The Kier molecular flexibility index (Phi) is 2.27. The van der Waals surface area contributed by atoms with Gasteiger partial charge in [-0.1, -0.05) is 6.92 Å². The van der Waals surface area contributed by atoms with Gasteiger partial charge in [0, 0.05) is 6.20 Å². The maximum atomic E-state index is 10.5. The summed E-state index contributed by atoms with van der Waals surface area (Å²) in [6, 6.07) is 0.570. The molecule has 0 aliphatic heterocycles. The molecule has 1 atom stereocenters. The van der Waals surface area contributed by atoms with Gasteiger partial charge in [0.1, 0.15) is 0 Å². The molecular weight excluding hydrogens is 180 g/mol. The monoisotopic (exact) mass is 194 g/mol. The summed E-state index contributed by atoms with van der Waals surface area (Å²) in [4.78, 5) is 10.5. The molecule has 2 rings (SSSR count).